The first kappa shape index (κ1) is 36.7. The van der Waals surface area contributed by atoms with Crippen LogP contribution < -0.4 is 45.0 Å². The van der Waals surface area contributed by atoms with Gasteiger partial charge < -0.3 is 18.9 Å². The van der Waals surface area contributed by atoms with E-state index < -0.39 is 16.1 Å². The Morgan fingerprint density at radius 1 is 0.319 bits per heavy atom. The van der Waals surface area contributed by atoms with Crippen LogP contribution in [-0.2, 0) is 0 Å². The van der Waals surface area contributed by atoms with Gasteiger partial charge in [-0.3, -0.25) is 0 Å². The molecule has 0 saturated carbocycles. The summed E-state index contributed by atoms with van der Waals surface area (Å²) in [6, 6.07) is 33.7. The summed E-state index contributed by atoms with van der Waals surface area (Å²) in [4.78, 5) is 5.74. The normalized spacial score (nSPS) is 12.7. The summed E-state index contributed by atoms with van der Waals surface area (Å²) in [6.45, 7) is 24.8. The molecular formula is C40H52NO4P2. The van der Waals surface area contributed by atoms with E-state index in [0.717, 1.165) is 44.2 Å². The zero-order valence-corrected chi connectivity index (χ0v) is 32.0. The van der Waals surface area contributed by atoms with Crippen LogP contribution >= 0.6 is 16.1 Å². The maximum absolute atomic E-state index is 6.16. The standard InChI is InChI=1S/C40H52NO4P2/c1-37(2,3)42-29-13-21-33(22-14-29)46(34-23-15-30(16-24-34)43-38(4,5)6)41-47(35-25-17-31(18-26-35)44-39(7,8)9)36-27-19-32(20-28-36)45-40(10,11)12/h13-28H,1-12H3. The van der Waals surface area contributed by atoms with Crippen molar-refractivity contribution in [3.63, 3.8) is 0 Å². The number of rotatable bonds is 10. The summed E-state index contributed by atoms with van der Waals surface area (Å²) in [5, 5.41) is 4.61. The van der Waals surface area contributed by atoms with Crippen LogP contribution in [0.4, 0.5) is 0 Å². The SMILES string of the molecule is CC(C)(C)Oc1ccc(P([N]P(c2ccc(OC(C)(C)C)cc2)c2ccc(OC(C)(C)C)cc2)c2ccc(OC(C)(C)C)cc2)cc1. The van der Waals surface area contributed by atoms with Crippen LogP contribution in [0.3, 0.4) is 0 Å². The first-order valence-electron chi connectivity index (χ1n) is 16.2. The first-order chi connectivity index (χ1) is 21.7. The second kappa shape index (κ2) is 14.6. The van der Waals surface area contributed by atoms with E-state index in [1.54, 1.807) is 0 Å². The van der Waals surface area contributed by atoms with Crippen LogP contribution in [0.1, 0.15) is 83.1 Å². The minimum Gasteiger partial charge on any atom is -0.488 e. The van der Waals surface area contributed by atoms with Gasteiger partial charge in [0, 0.05) is 16.1 Å². The van der Waals surface area contributed by atoms with Crippen molar-refractivity contribution in [1.29, 1.82) is 0 Å². The third kappa shape index (κ3) is 12.1. The van der Waals surface area contributed by atoms with Gasteiger partial charge in [-0.1, -0.05) is 0 Å². The third-order valence-electron chi connectivity index (χ3n) is 6.20. The lowest BCUT2D eigenvalue weighted by Gasteiger charge is -2.27. The molecule has 0 unspecified atom stereocenters. The van der Waals surface area contributed by atoms with E-state index in [1.807, 2.05) is 0 Å². The van der Waals surface area contributed by atoms with Crippen molar-refractivity contribution in [3.8, 4) is 23.0 Å². The molecule has 0 heterocycles. The fourth-order valence-corrected chi connectivity index (χ4v) is 9.32. The van der Waals surface area contributed by atoms with Crippen molar-refractivity contribution < 1.29 is 18.9 Å². The lowest BCUT2D eigenvalue weighted by Crippen LogP contribution is -2.26. The lowest BCUT2D eigenvalue weighted by atomic mass is 10.2. The Morgan fingerprint density at radius 2 is 0.489 bits per heavy atom. The highest BCUT2D eigenvalue weighted by atomic mass is 31.2. The number of benzene rings is 4. The van der Waals surface area contributed by atoms with Gasteiger partial charge >= 0.3 is 0 Å². The molecule has 4 aromatic rings. The lowest BCUT2D eigenvalue weighted by molar-refractivity contribution is 0.130. The molecule has 0 atom stereocenters. The van der Waals surface area contributed by atoms with Crippen molar-refractivity contribution in [2.45, 2.75) is 105 Å². The topological polar surface area (TPSA) is 51.0 Å². The van der Waals surface area contributed by atoms with Gasteiger partial charge in [-0.15, -0.1) is 0 Å². The summed E-state index contributed by atoms with van der Waals surface area (Å²) in [7, 11) is -2.22. The predicted octanol–water partition coefficient (Wildman–Crippen LogP) is 9.40. The van der Waals surface area contributed by atoms with Gasteiger partial charge in [0.2, 0.25) is 0 Å². The molecule has 0 aliphatic carbocycles. The van der Waals surface area contributed by atoms with Crippen molar-refractivity contribution in [2.75, 3.05) is 0 Å². The molecule has 0 aliphatic heterocycles. The summed E-state index contributed by atoms with van der Waals surface area (Å²) >= 11 is 0. The molecule has 0 bridgehead atoms. The molecular weight excluding hydrogens is 620 g/mol. The van der Waals surface area contributed by atoms with Crippen LogP contribution in [0.25, 0.3) is 0 Å². The van der Waals surface area contributed by atoms with Gasteiger partial charge in [0.1, 0.15) is 45.4 Å². The summed E-state index contributed by atoms with van der Waals surface area (Å²) in [5.41, 5.74) is -1.11. The molecule has 5 nitrogen and oxygen atoms in total. The second-order valence-electron chi connectivity index (χ2n) is 15.5. The molecule has 4 aromatic carbocycles. The second-order valence-corrected chi connectivity index (χ2v) is 19.6. The third-order valence-corrected chi connectivity index (χ3v) is 10.8. The van der Waals surface area contributed by atoms with Gasteiger partial charge in [0.25, 0.3) is 0 Å². The Hall–Kier alpha value is -3.10. The van der Waals surface area contributed by atoms with Crippen LogP contribution in [0.5, 0.6) is 23.0 Å². The van der Waals surface area contributed by atoms with E-state index in [4.69, 9.17) is 23.8 Å². The van der Waals surface area contributed by atoms with Crippen LogP contribution in [0, 0.1) is 0 Å². The maximum atomic E-state index is 6.16. The Bertz CT molecular complexity index is 1320. The fraction of sp³-hybridized carbons (Fsp3) is 0.400. The first-order valence-corrected chi connectivity index (χ1v) is 18.8. The number of hydrogen-bond acceptors (Lipinski definition) is 4. The van der Waals surface area contributed by atoms with E-state index in [2.05, 4.69) is 180 Å². The van der Waals surface area contributed by atoms with E-state index in [1.165, 1.54) is 0 Å². The molecule has 0 fully saturated rings. The van der Waals surface area contributed by atoms with Crippen molar-refractivity contribution in [3.05, 3.63) is 97.1 Å². The van der Waals surface area contributed by atoms with Gasteiger partial charge in [0.05, 0.1) is 0 Å². The molecule has 0 spiro atoms. The average molecular weight is 673 g/mol. The Kier molecular flexibility index (Phi) is 11.4. The zero-order valence-electron chi connectivity index (χ0n) is 30.2. The quantitative estimate of drug-likeness (QED) is 0.158. The minimum absolute atomic E-state index is 0.278. The van der Waals surface area contributed by atoms with Crippen molar-refractivity contribution in [1.82, 2.24) is 4.86 Å². The van der Waals surface area contributed by atoms with Crippen molar-refractivity contribution in [2.24, 2.45) is 0 Å². The van der Waals surface area contributed by atoms with E-state index in [9.17, 15) is 0 Å². The molecule has 47 heavy (non-hydrogen) atoms. The molecule has 0 aromatic heterocycles. The van der Waals surface area contributed by atoms with Crippen molar-refractivity contribution >= 4 is 37.4 Å². The fourth-order valence-electron chi connectivity index (χ4n) is 4.63. The highest BCUT2D eigenvalue weighted by molar-refractivity contribution is 7.85. The Balaban J connectivity index is 1.77. The molecule has 0 amide bonds. The summed E-state index contributed by atoms with van der Waals surface area (Å²) in [5.74, 6) is 3.38. The molecule has 4 rings (SSSR count). The molecule has 7 heteroatoms. The number of nitrogens with zero attached hydrogens (tertiary/aromatic N) is 1. The Morgan fingerprint density at radius 3 is 0.638 bits per heavy atom. The molecule has 1 radical (unpaired) electrons. The molecule has 0 aliphatic rings. The minimum atomic E-state index is -1.11. The van der Waals surface area contributed by atoms with E-state index >= 15 is 0 Å². The van der Waals surface area contributed by atoms with Crippen LogP contribution in [0.2, 0.25) is 0 Å². The molecule has 0 N–H and O–H groups in total. The van der Waals surface area contributed by atoms with Gasteiger partial charge in [0.15, 0.2) is 0 Å². The van der Waals surface area contributed by atoms with E-state index in [-0.39, 0.29) is 22.4 Å². The molecule has 251 valence electrons. The molecule has 0 saturated heterocycles. The smallest absolute Gasteiger partial charge is 0.120 e. The van der Waals surface area contributed by atoms with Crippen LogP contribution in [0.15, 0.2) is 97.1 Å². The number of ether oxygens (including phenoxy) is 4. The van der Waals surface area contributed by atoms with Crippen LogP contribution in [-0.4, -0.2) is 22.4 Å². The van der Waals surface area contributed by atoms with Gasteiger partial charge in [-0.2, -0.15) is 4.86 Å². The zero-order chi connectivity index (χ0) is 34.6. The monoisotopic (exact) mass is 672 g/mol. The Labute approximate surface area is 286 Å². The van der Waals surface area contributed by atoms with Gasteiger partial charge in [-0.05, 0) is 201 Å². The summed E-state index contributed by atoms with van der Waals surface area (Å²) < 4.78 is 24.6. The highest BCUT2D eigenvalue weighted by Crippen LogP contribution is 2.46. The summed E-state index contributed by atoms with van der Waals surface area (Å²) in [6.07, 6.45) is 0. The van der Waals surface area contributed by atoms with E-state index in [0.29, 0.717) is 0 Å². The van der Waals surface area contributed by atoms with Gasteiger partial charge in [-0.25, -0.2) is 0 Å². The number of hydrogen-bond donors (Lipinski definition) is 0. The highest BCUT2D eigenvalue weighted by Gasteiger charge is 2.26. The largest absolute Gasteiger partial charge is 0.488 e. The maximum Gasteiger partial charge on any atom is 0.120 e. The average Bonchev–Trinajstić information content (AvgIpc) is 2.93. The predicted molar refractivity (Wildman–Crippen MR) is 202 cm³/mol.